The minimum atomic E-state index is -3.60. The van der Waals surface area contributed by atoms with E-state index in [0.717, 1.165) is 5.56 Å². The molecular formula is C21H22N4O4S. The number of sulfonamides is 1. The van der Waals surface area contributed by atoms with Crippen LogP contribution >= 0.6 is 0 Å². The fraction of sp³-hybridized carbons (Fsp3) is 0.143. The molecule has 1 heterocycles. The summed E-state index contributed by atoms with van der Waals surface area (Å²) < 4.78 is 32.5. The molecule has 8 nitrogen and oxygen atoms in total. The van der Waals surface area contributed by atoms with E-state index in [1.807, 2.05) is 12.1 Å². The summed E-state index contributed by atoms with van der Waals surface area (Å²) in [5.41, 5.74) is 2.49. The summed E-state index contributed by atoms with van der Waals surface area (Å²) in [5.74, 6) is 0.419. The van der Waals surface area contributed by atoms with Crippen molar-refractivity contribution in [2.75, 3.05) is 17.1 Å². The van der Waals surface area contributed by atoms with E-state index < -0.39 is 10.0 Å². The van der Waals surface area contributed by atoms with Crippen molar-refractivity contribution in [1.29, 1.82) is 0 Å². The number of carbonyl (C=O) groups excluding carboxylic acids is 1. The summed E-state index contributed by atoms with van der Waals surface area (Å²) in [5, 5.41) is 5.44. The first-order valence-corrected chi connectivity index (χ1v) is 10.8. The van der Waals surface area contributed by atoms with Crippen LogP contribution in [0.25, 0.3) is 0 Å². The van der Waals surface area contributed by atoms with Crippen LogP contribution in [0.4, 0.5) is 16.2 Å². The smallest absolute Gasteiger partial charge is 0.319 e. The number of amides is 2. The molecule has 0 aliphatic rings. The quantitative estimate of drug-likeness (QED) is 0.512. The number of nitrogens with one attached hydrogen (secondary N) is 3. The van der Waals surface area contributed by atoms with Gasteiger partial charge in [0.15, 0.2) is 0 Å². The molecular weight excluding hydrogens is 404 g/mol. The molecule has 0 unspecified atom stereocenters. The number of rotatable bonds is 8. The zero-order valence-corrected chi connectivity index (χ0v) is 17.1. The van der Waals surface area contributed by atoms with Gasteiger partial charge in [-0.15, -0.1) is 0 Å². The third-order valence-electron chi connectivity index (χ3n) is 4.11. The Bertz CT molecular complexity index is 1090. The molecule has 0 aliphatic carbocycles. The van der Waals surface area contributed by atoms with Gasteiger partial charge in [0.05, 0.1) is 12.9 Å². The van der Waals surface area contributed by atoms with E-state index in [1.54, 1.807) is 60.9 Å². The summed E-state index contributed by atoms with van der Waals surface area (Å²) in [6.45, 7) is 0.372. The highest BCUT2D eigenvalue weighted by molar-refractivity contribution is 7.91. The number of hydrogen-bond acceptors (Lipinski definition) is 5. The molecule has 1 aromatic heterocycles. The van der Waals surface area contributed by atoms with Gasteiger partial charge >= 0.3 is 6.03 Å². The van der Waals surface area contributed by atoms with Gasteiger partial charge < -0.3 is 15.4 Å². The summed E-state index contributed by atoms with van der Waals surface area (Å²) in [4.78, 5) is 15.9. The van der Waals surface area contributed by atoms with Crippen molar-refractivity contribution in [3.8, 4) is 5.75 Å². The Morgan fingerprint density at radius 1 is 0.967 bits per heavy atom. The number of pyridine rings is 1. The lowest BCUT2D eigenvalue weighted by atomic mass is 10.2. The van der Waals surface area contributed by atoms with Gasteiger partial charge in [-0.2, -0.15) is 0 Å². The van der Waals surface area contributed by atoms with Crippen LogP contribution in [-0.4, -0.2) is 26.5 Å². The van der Waals surface area contributed by atoms with Crippen LogP contribution in [0.15, 0.2) is 73.1 Å². The lowest BCUT2D eigenvalue weighted by Gasteiger charge is -2.11. The second-order valence-electron chi connectivity index (χ2n) is 6.45. The van der Waals surface area contributed by atoms with Crippen LogP contribution < -0.4 is 20.1 Å². The SMILES string of the molecule is COc1cccc(CS(=O)(=O)Nc2ccc(NC(=O)NCc3ccncc3)cc2)c1. The number of methoxy groups -OCH3 is 1. The average molecular weight is 426 g/mol. The standard InChI is InChI=1S/C21H22N4O4S/c1-29-20-4-2-3-17(13-20)15-30(27,28)25-19-7-5-18(6-8-19)24-21(26)23-14-16-9-11-22-12-10-16/h2-13,25H,14-15H2,1H3,(H2,23,24,26). The Kier molecular flexibility index (Phi) is 6.87. The molecule has 156 valence electrons. The summed E-state index contributed by atoms with van der Waals surface area (Å²) in [6.07, 6.45) is 3.31. The molecule has 0 saturated carbocycles. The number of nitrogens with zero attached hydrogens (tertiary/aromatic N) is 1. The molecule has 2 aromatic carbocycles. The Labute approximate surface area is 175 Å². The monoisotopic (exact) mass is 426 g/mol. The van der Waals surface area contributed by atoms with Crippen LogP contribution in [0.3, 0.4) is 0 Å². The topological polar surface area (TPSA) is 109 Å². The largest absolute Gasteiger partial charge is 0.497 e. The van der Waals surface area contributed by atoms with E-state index in [1.165, 1.54) is 7.11 Å². The first-order valence-electron chi connectivity index (χ1n) is 9.11. The van der Waals surface area contributed by atoms with E-state index in [4.69, 9.17) is 4.74 Å². The Morgan fingerprint density at radius 2 is 1.67 bits per heavy atom. The van der Waals surface area contributed by atoms with Crippen molar-refractivity contribution in [3.05, 3.63) is 84.2 Å². The van der Waals surface area contributed by atoms with Gasteiger partial charge in [-0.05, 0) is 59.7 Å². The van der Waals surface area contributed by atoms with Crippen LogP contribution in [0.5, 0.6) is 5.75 Å². The fourth-order valence-electron chi connectivity index (χ4n) is 2.68. The molecule has 0 spiro atoms. The number of urea groups is 1. The molecule has 3 aromatic rings. The maximum Gasteiger partial charge on any atom is 0.319 e. The van der Waals surface area contributed by atoms with Crippen LogP contribution in [0, 0.1) is 0 Å². The van der Waals surface area contributed by atoms with Crippen molar-refractivity contribution >= 4 is 27.4 Å². The summed E-state index contributed by atoms with van der Waals surface area (Å²) >= 11 is 0. The first kappa shape index (κ1) is 21.1. The molecule has 30 heavy (non-hydrogen) atoms. The normalized spacial score (nSPS) is 10.8. The fourth-order valence-corrected chi connectivity index (χ4v) is 3.86. The first-order chi connectivity index (χ1) is 14.4. The lowest BCUT2D eigenvalue weighted by Crippen LogP contribution is -2.28. The molecule has 0 atom stereocenters. The number of aromatic nitrogens is 1. The maximum atomic E-state index is 12.4. The van der Waals surface area contributed by atoms with E-state index in [2.05, 4.69) is 20.3 Å². The van der Waals surface area contributed by atoms with Crippen molar-refractivity contribution in [1.82, 2.24) is 10.3 Å². The Morgan fingerprint density at radius 3 is 2.37 bits per heavy atom. The van der Waals surface area contributed by atoms with Crippen molar-refractivity contribution < 1.29 is 17.9 Å². The highest BCUT2D eigenvalue weighted by Crippen LogP contribution is 2.18. The molecule has 3 rings (SSSR count). The minimum absolute atomic E-state index is 0.179. The molecule has 9 heteroatoms. The molecule has 2 amide bonds. The molecule has 0 fully saturated rings. The molecule has 0 radical (unpaired) electrons. The zero-order valence-electron chi connectivity index (χ0n) is 16.3. The predicted octanol–water partition coefficient (Wildman–Crippen LogP) is 3.35. The third kappa shape index (κ3) is 6.49. The van der Waals surface area contributed by atoms with Crippen LogP contribution in [0.1, 0.15) is 11.1 Å². The second-order valence-corrected chi connectivity index (χ2v) is 8.18. The summed E-state index contributed by atoms with van der Waals surface area (Å²) in [6, 6.07) is 16.6. The van der Waals surface area contributed by atoms with E-state index >= 15 is 0 Å². The lowest BCUT2D eigenvalue weighted by molar-refractivity contribution is 0.251. The highest BCUT2D eigenvalue weighted by Gasteiger charge is 2.12. The van der Waals surface area contributed by atoms with Gasteiger partial charge in [0.2, 0.25) is 10.0 Å². The van der Waals surface area contributed by atoms with Gasteiger partial charge in [-0.1, -0.05) is 12.1 Å². The van der Waals surface area contributed by atoms with Crippen LogP contribution in [0.2, 0.25) is 0 Å². The van der Waals surface area contributed by atoms with Gasteiger partial charge in [-0.3, -0.25) is 9.71 Å². The number of ether oxygens (including phenoxy) is 1. The number of carbonyl (C=O) groups is 1. The second kappa shape index (κ2) is 9.75. The van der Waals surface area contributed by atoms with E-state index in [-0.39, 0.29) is 11.8 Å². The van der Waals surface area contributed by atoms with Crippen LogP contribution in [-0.2, 0) is 22.3 Å². The van der Waals surface area contributed by atoms with E-state index in [0.29, 0.717) is 29.2 Å². The molecule has 0 bridgehead atoms. The number of hydrogen-bond donors (Lipinski definition) is 3. The molecule has 0 saturated heterocycles. The van der Waals surface area contributed by atoms with Gasteiger partial charge in [0.25, 0.3) is 0 Å². The molecule has 0 aliphatic heterocycles. The van der Waals surface area contributed by atoms with Crippen molar-refractivity contribution in [2.45, 2.75) is 12.3 Å². The zero-order chi connectivity index (χ0) is 21.4. The van der Waals surface area contributed by atoms with E-state index in [9.17, 15) is 13.2 Å². The average Bonchev–Trinajstić information content (AvgIpc) is 2.74. The maximum absolute atomic E-state index is 12.4. The third-order valence-corrected chi connectivity index (χ3v) is 5.37. The van der Waals surface area contributed by atoms with Gasteiger partial charge in [-0.25, -0.2) is 13.2 Å². The van der Waals surface area contributed by atoms with Gasteiger partial charge in [0.1, 0.15) is 5.75 Å². The Balaban J connectivity index is 1.53. The van der Waals surface area contributed by atoms with Gasteiger partial charge in [0, 0.05) is 30.3 Å². The number of benzene rings is 2. The Hall–Kier alpha value is -3.59. The predicted molar refractivity (Wildman–Crippen MR) is 116 cm³/mol. The minimum Gasteiger partial charge on any atom is -0.497 e. The van der Waals surface area contributed by atoms with Crippen molar-refractivity contribution in [2.24, 2.45) is 0 Å². The highest BCUT2D eigenvalue weighted by atomic mass is 32.2. The number of anilines is 2. The van der Waals surface area contributed by atoms with Crippen molar-refractivity contribution in [3.63, 3.8) is 0 Å². The molecule has 3 N–H and O–H groups in total. The summed E-state index contributed by atoms with van der Waals surface area (Å²) in [7, 11) is -2.07.